The number of aromatic hydroxyl groups is 4. The van der Waals surface area contributed by atoms with E-state index >= 15 is 0 Å². The maximum Gasteiger partial charge on any atom is 0.343 e. The van der Waals surface area contributed by atoms with E-state index in [1.165, 1.54) is 56.9 Å². The highest BCUT2D eigenvalue weighted by Gasteiger charge is 2.39. The minimum Gasteiger partial charge on any atom is -0.508 e. The van der Waals surface area contributed by atoms with Crippen LogP contribution in [0.15, 0.2) is 72.8 Å². The summed E-state index contributed by atoms with van der Waals surface area (Å²) in [7, 11) is 4.87. The molecule has 7 atom stereocenters. The van der Waals surface area contributed by atoms with Gasteiger partial charge in [0.15, 0.2) is 11.6 Å². The van der Waals surface area contributed by atoms with Gasteiger partial charge >= 0.3 is 23.9 Å². The number of carboxylic acids is 1. The number of nitrogens with zero attached hydrogens (tertiary/aromatic N) is 15. The Labute approximate surface area is 855 Å². The predicted octanol–water partition coefficient (Wildman–Crippen LogP) is -1.65. The highest BCUT2D eigenvalue weighted by Crippen LogP contribution is 2.41. The normalized spacial score (nSPS) is 15.7. The van der Waals surface area contributed by atoms with Gasteiger partial charge in [0, 0.05) is 167 Å². The summed E-state index contributed by atoms with van der Waals surface area (Å²) in [6.07, 6.45) is -6.66. The van der Waals surface area contributed by atoms with Crippen LogP contribution in [0.25, 0.3) is 34.2 Å². The lowest BCUT2D eigenvalue weighted by Crippen LogP contribution is -2.57. The first-order valence-corrected chi connectivity index (χ1v) is 49.1. The molecule has 4 aromatic carbocycles. The fourth-order valence-corrected chi connectivity index (χ4v) is 16.8. The number of esters is 1. The summed E-state index contributed by atoms with van der Waals surface area (Å²) in [5, 5.41) is 92.1. The Hall–Kier alpha value is -14.9. The van der Waals surface area contributed by atoms with Gasteiger partial charge in [0.05, 0.1) is 42.4 Å². The van der Waals surface area contributed by atoms with E-state index in [0.717, 1.165) is 11.1 Å². The van der Waals surface area contributed by atoms with E-state index in [0.29, 0.717) is 80.1 Å². The number of phenolic OH excluding ortho intramolecular Hbond substituents is 4. The van der Waals surface area contributed by atoms with E-state index in [1.54, 1.807) is 86.0 Å². The molecule has 3 aliphatic rings. The third-order valence-corrected chi connectivity index (χ3v) is 25.0. The third kappa shape index (κ3) is 34.1. The van der Waals surface area contributed by atoms with E-state index in [9.17, 15) is 107 Å². The van der Waals surface area contributed by atoms with Crippen LogP contribution in [0.3, 0.4) is 0 Å². The third-order valence-electron chi connectivity index (χ3n) is 25.0. The van der Waals surface area contributed by atoms with Gasteiger partial charge in [-0.15, -0.1) is 20.4 Å². The quantitative estimate of drug-likeness (QED) is 0.0190. The van der Waals surface area contributed by atoms with Gasteiger partial charge in [-0.05, 0) is 152 Å². The molecule has 13 amide bonds. The molecule has 0 saturated carbocycles. The van der Waals surface area contributed by atoms with Crippen LogP contribution in [0.1, 0.15) is 182 Å². The summed E-state index contributed by atoms with van der Waals surface area (Å²) in [5.74, 6) is -15.7. The van der Waals surface area contributed by atoms with Crippen LogP contribution in [0, 0.1) is 0 Å². The average molecular weight is 2070 g/mol. The first-order chi connectivity index (χ1) is 70.2. The Kier molecular flexibility index (Phi) is 43.8. The Morgan fingerprint density at radius 1 is 0.480 bits per heavy atom. The molecule has 0 bridgehead atoms. The number of nitrogens with one attached hydrogen (secondary N) is 8. The molecule has 806 valence electrons. The molecule has 51 nitrogen and oxygen atoms in total. The number of nitrogens with two attached hydrogens (primary N) is 3. The van der Waals surface area contributed by atoms with Crippen molar-refractivity contribution < 1.29 is 121 Å². The number of benzene rings is 4. The van der Waals surface area contributed by atoms with Gasteiger partial charge in [-0.3, -0.25) is 110 Å². The molecule has 0 spiro atoms. The number of rotatable bonds is 51. The molecule has 3 aliphatic heterocycles. The molecule has 0 aliphatic carbocycles. The van der Waals surface area contributed by atoms with E-state index in [2.05, 4.69) is 72.7 Å². The molecule has 148 heavy (non-hydrogen) atoms. The average Bonchev–Trinajstić information content (AvgIpc) is 1.61. The second-order valence-electron chi connectivity index (χ2n) is 37.2. The highest BCUT2D eigenvalue weighted by molar-refractivity contribution is 5.98. The molecular weight excluding hydrogens is 1930 g/mol. The number of hydrogen-bond acceptors (Lipinski definition) is 35. The van der Waals surface area contributed by atoms with E-state index in [1.807, 2.05) is 52.0 Å². The van der Waals surface area contributed by atoms with Crippen LogP contribution in [0.2, 0.25) is 0 Å². The van der Waals surface area contributed by atoms with Gasteiger partial charge in [0.1, 0.15) is 59.2 Å². The van der Waals surface area contributed by atoms with Crippen molar-refractivity contribution in [2.75, 3.05) is 145 Å². The van der Waals surface area contributed by atoms with Gasteiger partial charge in [0.2, 0.25) is 82.9 Å². The topological polar surface area (TPSA) is 684 Å². The van der Waals surface area contributed by atoms with E-state index in [4.69, 9.17) is 31.6 Å². The Bertz CT molecular complexity index is 5680. The van der Waals surface area contributed by atoms with E-state index < -0.39 is 207 Å². The van der Waals surface area contributed by atoms with Gasteiger partial charge < -0.3 is 109 Å². The fourth-order valence-electron chi connectivity index (χ4n) is 16.8. The summed E-state index contributed by atoms with van der Waals surface area (Å²) >= 11 is 0. The van der Waals surface area contributed by atoms with Crippen LogP contribution in [0.5, 0.6) is 23.0 Å². The smallest absolute Gasteiger partial charge is 0.343 e. The molecule has 2 aromatic heterocycles. The lowest BCUT2D eigenvalue weighted by Gasteiger charge is -2.36. The number of hydroxylamine groups is 2. The van der Waals surface area contributed by atoms with Crippen LogP contribution in [0.4, 0.5) is 0 Å². The predicted molar refractivity (Wildman–Crippen MR) is 531 cm³/mol. The number of ether oxygens (including phenoxy) is 1. The standard InChI is InChI=1S/C97H138N26O25/c1-13-101-94(141)88-111-109-86(66-46-64(56(4)5)73(124)49-75(66)126)121(88)62-20-16-60(17-21-62)51-116-37-42-119(43-38-116)82(133)48-71(93(140)104-58(8)96(143)120-44-39-117(40-45-120)52-61-18-22-63(23-19-61)122-87(110-112-89(122)95(142)102-14-2)67-47-65(57(6)7)74(125)50-76(67)127)106-81(132)32-33-103-90(137)68(24-28-77(98)128)107-92(139)70(26-30-79(100)130)108-91(138)69(25-29-78(99)129)105-80(131)31-27-72(97(144)145)118(15-3)41-36-115(12)53-83(134)146-59(9)123-147-84(135)54-113(10)34-35-114(11)55-85(136)148-123/h16-23,46-47,49-50,56-59,68-72,124-127H,13-15,24-45,48,51-55H2,1-12H3,(H2,98,128)(H2,99,129)(H2,100,130)(H,101,141)(H,102,142)(H,103,137)(H,104,140)(H,105,131)(H,106,132)(H,107,139)(H,108,138)(H,144,145)/t58-,59?,68+,69+,70+,71+,72-/m1/s1. The molecule has 6 aromatic rings. The zero-order valence-electron chi connectivity index (χ0n) is 85.4. The summed E-state index contributed by atoms with van der Waals surface area (Å²) in [6, 6.07) is 10.8. The van der Waals surface area contributed by atoms with Gasteiger partial charge in [-0.2, -0.15) is 0 Å². The zero-order valence-corrected chi connectivity index (χ0v) is 85.4. The highest BCUT2D eigenvalue weighted by atomic mass is 17.0. The number of primary amides is 3. The lowest BCUT2D eigenvalue weighted by molar-refractivity contribution is -0.372. The summed E-state index contributed by atoms with van der Waals surface area (Å²) < 4.78 is 8.45. The van der Waals surface area contributed by atoms with E-state index in [-0.39, 0.29) is 154 Å². The van der Waals surface area contributed by atoms with Crippen LogP contribution in [-0.4, -0.2) is 388 Å². The number of aliphatic carboxylic acids is 1. The largest absolute Gasteiger partial charge is 0.508 e. The van der Waals surface area contributed by atoms with Crippen molar-refractivity contribution in [2.45, 2.75) is 194 Å². The lowest BCUT2D eigenvalue weighted by atomic mass is 9.98. The molecule has 5 heterocycles. The molecule has 0 radical (unpaired) electrons. The minimum absolute atomic E-state index is 0.0103. The number of carbonyl (C=O) groups excluding carboxylic acids is 16. The second kappa shape index (κ2) is 55.6. The Morgan fingerprint density at radius 3 is 1.32 bits per heavy atom. The van der Waals surface area contributed by atoms with Crippen LogP contribution >= 0.6 is 0 Å². The maximum atomic E-state index is 14.7. The Balaban J connectivity index is 0.840. The molecule has 51 heteroatoms. The van der Waals surface area contributed by atoms with Crippen LogP contribution in [-0.2, 0) is 99.4 Å². The van der Waals surface area contributed by atoms with Gasteiger partial charge in [0.25, 0.3) is 11.8 Å². The van der Waals surface area contributed by atoms with Crippen molar-refractivity contribution in [2.24, 2.45) is 17.2 Å². The molecule has 9 rings (SSSR count). The Morgan fingerprint density at radius 2 is 0.899 bits per heavy atom. The van der Waals surface area contributed by atoms with Crippen molar-refractivity contribution in [3.63, 3.8) is 0 Å². The summed E-state index contributed by atoms with van der Waals surface area (Å²) in [4.78, 5) is 254. The zero-order chi connectivity index (χ0) is 109. The summed E-state index contributed by atoms with van der Waals surface area (Å²) in [5.41, 5.74) is 20.7. The van der Waals surface area contributed by atoms with Crippen molar-refractivity contribution in [3.8, 4) is 57.1 Å². The second-order valence-corrected chi connectivity index (χ2v) is 37.2. The molecule has 19 N–H and O–H groups in total. The van der Waals surface area contributed by atoms with Crippen molar-refractivity contribution >= 4 is 101 Å². The van der Waals surface area contributed by atoms with Gasteiger partial charge in [-0.1, -0.05) is 58.9 Å². The van der Waals surface area contributed by atoms with Crippen molar-refractivity contribution in [1.29, 1.82) is 0 Å². The first-order valence-electron chi connectivity index (χ1n) is 49.1. The summed E-state index contributed by atoms with van der Waals surface area (Å²) in [6.45, 7) is 18.7. The monoisotopic (exact) mass is 2070 g/mol. The van der Waals surface area contributed by atoms with Gasteiger partial charge in [-0.25, -0.2) is 9.59 Å². The molecule has 1 unspecified atom stereocenters. The van der Waals surface area contributed by atoms with Crippen molar-refractivity contribution in [3.05, 3.63) is 107 Å². The first kappa shape index (κ1) is 117. The molecule has 3 fully saturated rings. The SMILES string of the molecule is CCNC(=O)c1nnc(-c2cc(C(C)C)c(O)cc2O)n1-c1ccc(CN2CCN(C(=O)C[C@H](NC(=O)CCNC(=O)[C@H](CCC(N)=O)NC(=O)[C@H](CCC(N)=O)NC(=O)[C@H](CCC(N)=O)NC(=O)CC[C@H](C(=O)O)N(CC)CCN(C)CC(=O)OC(C)N3OC(=O)CN(C)CCN(C)CC(=O)O3)C(=O)N[C@H](C)C(=O)N3CCN(Cc4ccc(-n5c(C(=O)NCC)nnc5-c5cc(C(C)C)c(O)cc5O)cc4)CC3)CC2)cc1. The number of carboxylic acid groups (broad SMARTS) is 1. The molecular formula is C97H138N26O25. The maximum absolute atomic E-state index is 14.7. The number of likely N-dealkylation sites (N-methyl/N-ethyl adjacent to an activating group) is 4. The molecule has 3 saturated heterocycles. The number of amides is 13. The number of hydrogen-bond donors (Lipinski definition) is 16. The number of aromatic nitrogens is 6. The number of carbonyl (C=O) groups is 17. The van der Waals surface area contributed by atoms with Crippen molar-refractivity contribution in [1.82, 2.24) is 116 Å². The fraction of sp³-hybridized carbons (Fsp3) is 0.536. The minimum atomic E-state index is -1.76. The van der Waals surface area contributed by atoms with Crippen LogP contribution < -0.4 is 59.7 Å². The number of phenols is 4. The number of piperazine rings is 2.